The molecule has 0 saturated carbocycles. The zero-order valence-electron chi connectivity index (χ0n) is 7.60. The van der Waals surface area contributed by atoms with E-state index in [1.165, 1.54) is 0 Å². The Hall–Kier alpha value is -0.250. The van der Waals surface area contributed by atoms with Crippen LogP contribution in [-0.2, 0) is 24.7 Å². The molecule has 0 aliphatic carbocycles. The van der Waals surface area contributed by atoms with Gasteiger partial charge in [-0.1, -0.05) is 0 Å². The third-order valence-electron chi connectivity index (χ3n) is 1.54. The first kappa shape index (κ1) is 13.8. The molecule has 0 aromatic carbocycles. The van der Waals surface area contributed by atoms with Crippen molar-refractivity contribution in [2.24, 2.45) is 0 Å². The maximum Gasteiger partial charge on any atom is 0.335 e. The van der Waals surface area contributed by atoms with Gasteiger partial charge < -0.3 is 4.74 Å². The van der Waals surface area contributed by atoms with Crippen molar-refractivity contribution in [3.63, 3.8) is 0 Å². The van der Waals surface area contributed by atoms with Crippen LogP contribution >= 0.6 is 0 Å². The number of hydrogen-bond acceptors (Lipinski definition) is 5. The van der Waals surface area contributed by atoms with Gasteiger partial charge in [0.05, 0.1) is 6.61 Å². The molecule has 86 valence electrons. The van der Waals surface area contributed by atoms with E-state index in [9.17, 15) is 21.2 Å². The number of hydrogen-bond donors (Lipinski definition) is 1. The lowest BCUT2D eigenvalue weighted by Crippen LogP contribution is -2.42. The first-order valence-corrected chi connectivity index (χ1v) is 6.74. The summed E-state index contributed by atoms with van der Waals surface area (Å²) in [5.74, 6) is 0. The van der Waals surface area contributed by atoms with Crippen LogP contribution in [0.5, 0.6) is 0 Å². The summed E-state index contributed by atoms with van der Waals surface area (Å²) in [5, 5.41) is 0. The molecule has 0 aromatic rings. The molecule has 0 radical (unpaired) electrons. The Morgan fingerprint density at radius 3 is 2.00 bits per heavy atom. The van der Waals surface area contributed by atoms with Crippen molar-refractivity contribution in [3.8, 4) is 0 Å². The highest BCUT2D eigenvalue weighted by atomic mass is 32.3. The van der Waals surface area contributed by atoms with E-state index in [0.717, 1.165) is 7.11 Å². The van der Waals surface area contributed by atoms with Crippen LogP contribution in [0.2, 0.25) is 0 Å². The van der Waals surface area contributed by atoms with Crippen LogP contribution in [0.1, 0.15) is 6.42 Å². The van der Waals surface area contributed by atoms with Gasteiger partial charge in [-0.2, -0.15) is 8.42 Å². The van der Waals surface area contributed by atoms with Crippen molar-refractivity contribution in [2.75, 3.05) is 20.0 Å². The van der Waals surface area contributed by atoms with Crippen molar-refractivity contribution in [3.05, 3.63) is 0 Å². The lowest BCUT2D eigenvalue weighted by molar-refractivity contribution is 0.165. The number of alkyl halides is 1. The van der Waals surface area contributed by atoms with E-state index in [-0.39, 0.29) is 0 Å². The Labute approximate surface area is 81.7 Å². The van der Waals surface area contributed by atoms with Gasteiger partial charge in [0, 0.05) is 19.8 Å². The fourth-order valence-electron chi connectivity index (χ4n) is 0.730. The van der Waals surface area contributed by atoms with Crippen LogP contribution < -0.4 is 0 Å². The maximum atomic E-state index is 13.5. The lowest BCUT2D eigenvalue weighted by atomic mass is 10.5. The fourth-order valence-corrected chi connectivity index (χ4v) is 3.06. The van der Waals surface area contributed by atoms with Gasteiger partial charge in [0.2, 0.25) is 0 Å². The molecule has 0 aliphatic rings. The average Bonchev–Trinajstić information content (AvgIpc) is 1.95. The molecule has 0 bridgehead atoms. The van der Waals surface area contributed by atoms with Crippen molar-refractivity contribution < 1.29 is 30.5 Å². The van der Waals surface area contributed by atoms with Gasteiger partial charge >= 0.3 is 14.5 Å². The molecule has 1 N–H and O–H groups in total. The summed E-state index contributed by atoms with van der Waals surface area (Å²) in [6, 6.07) is 0. The second-order valence-corrected chi connectivity index (χ2v) is 6.70. The molecule has 0 heterocycles. The summed E-state index contributed by atoms with van der Waals surface area (Å²) in [5.41, 5.74) is 0. The predicted octanol–water partition coefficient (Wildman–Crippen LogP) is -0.421. The van der Waals surface area contributed by atoms with Gasteiger partial charge in [0.15, 0.2) is 9.84 Å². The summed E-state index contributed by atoms with van der Waals surface area (Å²) < 4.78 is 65.4. The number of rotatable bonds is 5. The minimum Gasteiger partial charge on any atom is -0.384 e. The molecule has 0 aromatic heterocycles. The third-order valence-corrected chi connectivity index (χ3v) is 5.37. The second-order valence-electron chi connectivity index (χ2n) is 2.65. The quantitative estimate of drug-likeness (QED) is 0.665. The Morgan fingerprint density at radius 2 is 1.79 bits per heavy atom. The minimum atomic E-state index is -5.33. The van der Waals surface area contributed by atoms with Crippen molar-refractivity contribution >= 4 is 20.0 Å². The Kier molecular flexibility index (Phi) is 4.02. The molecule has 1 unspecified atom stereocenters. The zero-order chi connectivity index (χ0) is 11.6. The summed E-state index contributed by atoms with van der Waals surface area (Å²) in [6.07, 6.45) is -0.586. The molecular weight excluding hydrogens is 239 g/mol. The molecule has 0 saturated heterocycles. The lowest BCUT2D eigenvalue weighted by Gasteiger charge is -2.19. The normalized spacial score (nSPS) is 17.7. The summed E-state index contributed by atoms with van der Waals surface area (Å²) >= 11 is 0. The van der Waals surface area contributed by atoms with E-state index >= 15 is 0 Å². The van der Waals surface area contributed by atoms with Gasteiger partial charge in [-0.25, -0.2) is 12.8 Å². The molecule has 0 fully saturated rings. The molecule has 0 rings (SSSR count). The smallest absolute Gasteiger partial charge is 0.335 e. The predicted molar refractivity (Wildman–Crippen MR) is 46.7 cm³/mol. The van der Waals surface area contributed by atoms with Gasteiger partial charge in [0.1, 0.15) is 0 Å². The van der Waals surface area contributed by atoms with Crippen LogP contribution in [-0.4, -0.2) is 45.7 Å². The molecule has 9 heteroatoms. The standard InChI is InChI=1S/C5H11FO6S2/c1-12-4-3-5(6,13(2,7)8)14(9,10)11/h3-4H2,1-2H3,(H,9,10,11). The monoisotopic (exact) mass is 250 g/mol. The maximum absolute atomic E-state index is 13.5. The molecule has 0 spiro atoms. The fraction of sp³-hybridized carbons (Fsp3) is 1.00. The van der Waals surface area contributed by atoms with E-state index in [1.807, 2.05) is 0 Å². The van der Waals surface area contributed by atoms with E-state index in [1.54, 1.807) is 0 Å². The number of methoxy groups -OCH3 is 1. The van der Waals surface area contributed by atoms with E-state index in [2.05, 4.69) is 4.74 Å². The largest absolute Gasteiger partial charge is 0.384 e. The molecule has 6 nitrogen and oxygen atoms in total. The van der Waals surface area contributed by atoms with Crippen molar-refractivity contribution in [1.29, 1.82) is 0 Å². The van der Waals surface area contributed by atoms with E-state index in [4.69, 9.17) is 4.55 Å². The van der Waals surface area contributed by atoms with E-state index < -0.39 is 37.3 Å². The summed E-state index contributed by atoms with van der Waals surface area (Å²) in [4.78, 5) is 0. The Morgan fingerprint density at radius 1 is 1.36 bits per heavy atom. The number of sulfone groups is 1. The minimum absolute atomic E-state index is 0.385. The number of halogens is 1. The molecular formula is C5H11FO6S2. The highest BCUT2D eigenvalue weighted by Gasteiger charge is 2.53. The molecule has 14 heavy (non-hydrogen) atoms. The Balaban J connectivity index is 5.31. The zero-order valence-corrected chi connectivity index (χ0v) is 9.23. The average molecular weight is 250 g/mol. The van der Waals surface area contributed by atoms with Crippen LogP contribution in [0.15, 0.2) is 0 Å². The molecule has 0 amide bonds. The van der Waals surface area contributed by atoms with Crippen LogP contribution in [0.25, 0.3) is 0 Å². The second kappa shape index (κ2) is 4.09. The van der Waals surface area contributed by atoms with Gasteiger partial charge in [-0.05, 0) is 0 Å². The van der Waals surface area contributed by atoms with Gasteiger partial charge in [0.25, 0.3) is 0 Å². The molecule has 0 aliphatic heterocycles. The van der Waals surface area contributed by atoms with Crippen molar-refractivity contribution in [1.82, 2.24) is 0 Å². The van der Waals surface area contributed by atoms with Gasteiger partial charge in [-0.3, -0.25) is 4.55 Å². The molecule has 1 atom stereocenters. The van der Waals surface area contributed by atoms with Crippen LogP contribution in [0, 0.1) is 0 Å². The highest BCUT2D eigenvalue weighted by molar-refractivity contribution is 8.07. The first-order valence-electron chi connectivity index (χ1n) is 3.41. The summed E-state index contributed by atoms with van der Waals surface area (Å²) in [7, 11) is -8.76. The van der Waals surface area contributed by atoms with Crippen LogP contribution in [0.4, 0.5) is 4.39 Å². The third kappa shape index (κ3) is 2.62. The Bertz CT molecular complexity index is 350. The first-order chi connectivity index (χ1) is 6.06. The van der Waals surface area contributed by atoms with E-state index in [0.29, 0.717) is 6.26 Å². The SMILES string of the molecule is COCCC(F)(S(C)(=O)=O)S(=O)(=O)O. The van der Waals surface area contributed by atoms with Crippen LogP contribution in [0.3, 0.4) is 0 Å². The highest BCUT2D eigenvalue weighted by Crippen LogP contribution is 2.28. The van der Waals surface area contributed by atoms with Gasteiger partial charge in [-0.15, -0.1) is 0 Å². The summed E-state index contributed by atoms with van der Waals surface area (Å²) in [6.45, 7) is -0.441. The topological polar surface area (TPSA) is 97.7 Å². The number of ether oxygens (including phenoxy) is 1. The van der Waals surface area contributed by atoms with Crippen molar-refractivity contribution in [2.45, 2.75) is 10.8 Å².